The number of hydrogen-bond donors (Lipinski definition) is 1. The molecule has 0 bridgehead atoms. The van der Waals surface area contributed by atoms with Crippen LogP contribution in [0.4, 0.5) is 0 Å². The lowest BCUT2D eigenvalue weighted by Crippen LogP contribution is -2.18. The van der Waals surface area contributed by atoms with Crippen molar-refractivity contribution in [3.63, 3.8) is 0 Å². The van der Waals surface area contributed by atoms with Crippen LogP contribution in [0.5, 0.6) is 5.88 Å². The molecule has 6 heteroatoms. The first-order valence-electron chi connectivity index (χ1n) is 6.51. The minimum absolute atomic E-state index is 0.490. The molecule has 0 spiro atoms. The van der Waals surface area contributed by atoms with Crippen LogP contribution in [-0.2, 0) is 11.2 Å². The van der Waals surface area contributed by atoms with Gasteiger partial charge in [0.05, 0.1) is 24.2 Å². The van der Waals surface area contributed by atoms with E-state index in [1.54, 1.807) is 13.2 Å². The zero-order chi connectivity index (χ0) is 13.5. The average molecular weight is 262 g/mol. The van der Waals surface area contributed by atoms with Gasteiger partial charge in [0.25, 0.3) is 0 Å². The van der Waals surface area contributed by atoms with Crippen LogP contribution in [0.25, 0.3) is 0 Å². The van der Waals surface area contributed by atoms with Crippen molar-refractivity contribution in [2.45, 2.75) is 32.1 Å². The van der Waals surface area contributed by atoms with Crippen molar-refractivity contribution < 1.29 is 9.53 Å². The number of rotatable bonds is 6. The highest BCUT2D eigenvalue weighted by molar-refractivity contribution is 6.00. The molecule has 1 aromatic heterocycles. The van der Waals surface area contributed by atoms with Crippen LogP contribution < -0.4 is 10.2 Å². The van der Waals surface area contributed by atoms with Crippen molar-refractivity contribution >= 4 is 12.0 Å². The van der Waals surface area contributed by atoms with Crippen molar-refractivity contribution in [2.75, 3.05) is 13.7 Å². The molecule has 19 heavy (non-hydrogen) atoms. The standard InChI is InChI=1S/C13H18N4O2/c1-14-17-11-6-4-5-10-13(11)15-9-12(16-10)19-8-3-2-7-18/h7,9,14H,2-6,8H2,1H3/b17-11+. The number of aryl methyl sites for hydroxylation is 1. The monoisotopic (exact) mass is 262 g/mol. The number of hydrazone groups is 1. The molecule has 1 aromatic rings. The van der Waals surface area contributed by atoms with Gasteiger partial charge in [0.15, 0.2) is 0 Å². The van der Waals surface area contributed by atoms with Crippen LogP contribution in [0, 0.1) is 0 Å². The number of hydrogen-bond acceptors (Lipinski definition) is 6. The van der Waals surface area contributed by atoms with Crippen molar-refractivity contribution in [2.24, 2.45) is 5.10 Å². The van der Waals surface area contributed by atoms with Crippen molar-refractivity contribution in [3.05, 3.63) is 17.6 Å². The lowest BCUT2D eigenvalue weighted by molar-refractivity contribution is -0.108. The van der Waals surface area contributed by atoms with Crippen LogP contribution in [0.15, 0.2) is 11.3 Å². The van der Waals surface area contributed by atoms with E-state index in [1.165, 1.54) is 0 Å². The molecule has 0 saturated carbocycles. The minimum atomic E-state index is 0.490. The van der Waals surface area contributed by atoms with Gasteiger partial charge >= 0.3 is 0 Å². The van der Waals surface area contributed by atoms with Gasteiger partial charge in [-0.2, -0.15) is 5.10 Å². The topological polar surface area (TPSA) is 76.5 Å². The molecule has 0 aliphatic heterocycles. The van der Waals surface area contributed by atoms with E-state index in [9.17, 15) is 4.79 Å². The Hall–Kier alpha value is -1.98. The van der Waals surface area contributed by atoms with Gasteiger partial charge in [0, 0.05) is 13.5 Å². The van der Waals surface area contributed by atoms with Gasteiger partial charge in [-0.15, -0.1) is 0 Å². The largest absolute Gasteiger partial charge is 0.477 e. The van der Waals surface area contributed by atoms with Crippen molar-refractivity contribution in [1.82, 2.24) is 15.4 Å². The van der Waals surface area contributed by atoms with Gasteiger partial charge in [-0.1, -0.05) is 0 Å². The van der Waals surface area contributed by atoms with E-state index in [-0.39, 0.29) is 0 Å². The van der Waals surface area contributed by atoms with Crippen LogP contribution in [0.3, 0.4) is 0 Å². The molecule has 0 unspecified atom stereocenters. The van der Waals surface area contributed by atoms with E-state index in [0.717, 1.165) is 42.6 Å². The Balaban J connectivity index is 2.06. The number of ether oxygens (including phenoxy) is 1. The van der Waals surface area contributed by atoms with Gasteiger partial charge in [0.1, 0.15) is 12.0 Å². The second kappa shape index (κ2) is 6.82. The summed E-state index contributed by atoms with van der Waals surface area (Å²) in [5, 5.41) is 4.23. The van der Waals surface area contributed by atoms with E-state index < -0.39 is 0 Å². The second-order valence-corrected chi connectivity index (χ2v) is 4.30. The molecule has 0 fully saturated rings. The Morgan fingerprint density at radius 1 is 1.53 bits per heavy atom. The highest BCUT2D eigenvalue weighted by atomic mass is 16.5. The maximum absolute atomic E-state index is 10.2. The summed E-state index contributed by atoms with van der Waals surface area (Å²) in [5.74, 6) is 0.523. The van der Waals surface area contributed by atoms with Crippen molar-refractivity contribution in [3.8, 4) is 5.88 Å². The highest BCUT2D eigenvalue weighted by Gasteiger charge is 2.19. The van der Waals surface area contributed by atoms with Gasteiger partial charge in [-0.3, -0.25) is 0 Å². The maximum atomic E-state index is 10.2. The molecule has 1 N–H and O–H groups in total. The Morgan fingerprint density at radius 3 is 3.21 bits per heavy atom. The zero-order valence-electron chi connectivity index (χ0n) is 11.1. The fourth-order valence-corrected chi connectivity index (χ4v) is 2.02. The van der Waals surface area contributed by atoms with Gasteiger partial charge < -0.3 is 15.0 Å². The van der Waals surface area contributed by atoms with Gasteiger partial charge in [-0.25, -0.2) is 9.97 Å². The molecule has 1 aliphatic carbocycles. The number of unbranched alkanes of at least 4 members (excludes halogenated alkanes) is 1. The number of aldehydes is 1. The smallest absolute Gasteiger partial charge is 0.232 e. The molecule has 0 saturated heterocycles. The third-order valence-corrected chi connectivity index (χ3v) is 2.89. The average Bonchev–Trinajstić information content (AvgIpc) is 2.44. The second-order valence-electron chi connectivity index (χ2n) is 4.30. The number of nitrogens with zero attached hydrogens (tertiary/aromatic N) is 3. The third-order valence-electron chi connectivity index (χ3n) is 2.89. The SMILES string of the molecule is CN/N=C1\CCCc2nc(OCCCC=O)cnc21. The molecular weight excluding hydrogens is 244 g/mol. The molecule has 6 nitrogen and oxygen atoms in total. The summed E-state index contributed by atoms with van der Waals surface area (Å²) in [6, 6.07) is 0. The van der Waals surface area contributed by atoms with Crippen LogP contribution in [0.2, 0.25) is 0 Å². The molecule has 102 valence electrons. The van der Waals surface area contributed by atoms with Crippen LogP contribution >= 0.6 is 0 Å². The first-order chi connectivity index (χ1) is 9.35. The Bertz CT molecular complexity index is 474. The molecule has 1 aliphatic rings. The van der Waals surface area contributed by atoms with E-state index >= 15 is 0 Å². The fourth-order valence-electron chi connectivity index (χ4n) is 2.02. The fraction of sp³-hybridized carbons (Fsp3) is 0.538. The van der Waals surface area contributed by atoms with Crippen molar-refractivity contribution in [1.29, 1.82) is 0 Å². The summed E-state index contributed by atoms with van der Waals surface area (Å²) in [4.78, 5) is 19.1. The summed E-state index contributed by atoms with van der Waals surface area (Å²) in [5.41, 5.74) is 5.55. The number of fused-ring (bicyclic) bond motifs is 1. The van der Waals surface area contributed by atoms with Crippen LogP contribution in [-0.4, -0.2) is 35.6 Å². The Kier molecular flexibility index (Phi) is 4.83. The summed E-state index contributed by atoms with van der Waals surface area (Å²) in [7, 11) is 1.78. The first kappa shape index (κ1) is 13.5. The lowest BCUT2D eigenvalue weighted by atomic mass is 9.98. The number of aromatic nitrogens is 2. The first-order valence-corrected chi connectivity index (χ1v) is 6.51. The van der Waals surface area contributed by atoms with Gasteiger partial charge in [0.2, 0.25) is 5.88 Å². The number of carbonyl (C=O) groups excluding carboxylic acids is 1. The van der Waals surface area contributed by atoms with E-state index in [2.05, 4.69) is 20.5 Å². The predicted molar refractivity (Wildman–Crippen MR) is 71.4 cm³/mol. The summed E-state index contributed by atoms with van der Waals surface area (Å²) in [6.07, 6.45) is 6.57. The maximum Gasteiger partial charge on any atom is 0.232 e. The molecule has 0 atom stereocenters. The Morgan fingerprint density at radius 2 is 2.42 bits per heavy atom. The molecule has 0 radical (unpaired) electrons. The summed E-state index contributed by atoms with van der Waals surface area (Å²) < 4.78 is 5.48. The summed E-state index contributed by atoms with van der Waals surface area (Å²) >= 11 is 0. The molecule has 0 aromatic carbocycles. The Labute approximate surface area is 112 Å². The quantitative estimate of drug-likeness (QED) is 0.472. The van der Waals surface area contributed by atoms with E-state index in [1.807, 2.05) is 0 Å². The summed E-state index contributed by atoms with van der Waals surface area (Å²) in [6.45, 7) is 0.490. The predicted octanol–water partition coefficient (Wildman–Crippen LogP) is 1.09. The van der Waals surface area contributed by atoms with Crippen LogP contribution in [0.1, 0.15) is 37.1 Å². The highest BCUT2D eigenvalue weighted by Crippen LogP contribution is 2.20. The third kappa shape index (κ3) is 3.49. The molecule has 1 heterocycles. The molecular formula is C13H18N4O2. The van der Waals surface area contributed by atoms with E-state index in [4.69, 9.17) is 4.74 Å². The number of nitrogens with one attached hydrogen (secondary N) is 1. The van der Waals surface area contributed by atoms with E-state index in [0.29, 0.717) is 25.3 Å². The minimum Gasteiger partial charge on any atom is -0.477 e. The zero-order valence-corrected chi connectivity index (χ0v) is 11.1. The number of carbonyl (C=O) groups is 1. The normalized spacial score (nSPS) is 15.9. The molecule has 2 rings (SSSR count). The molecule has 0 amide bonds. The van der Waals surface area contributed by atoms with Gasteiger partial charge in [-0.05, 0) is 25.7 Å². The lowest BCUT2D eigenvalue weighted by Gasteiger charge is -2.16.